The van der Waals surface area contributed by atoms with Crippen LogP contribution in [0.5, 0.6) is 0 Å². The van der Waals surface area contributed by atoms with E-state index in [2.05, 4.69) is 72.8 Å². The van der Waals surface area contributed by atoms with Crippen molar-refractivity contribution in [2.75, 3.05) is 0 Å². The summed E-state index contributed by atoms with van der Waals surface area (Å²) in [6.45, 7) is 4.06. The lowest BCUT2D eigenvalue weighted by atomic mass is 10.1. The number of unbranched alkanes of at least 4 members (excludes halogenated alkanes) is 1. The Morgan fingerprint density at radius 3 is 1.15 bits per heavy atom. The molecule has 4 heteroatoms. The molecule has 0 N–H and O–H groups in total. The maximum Gasteiger partial charge on any atom is 0.0967 e. The highest BCUT2D eigenvalue weighted by atomic mass is 14.8. The third-order valence-corrected chi connectivity index (χ3v) is 6.55. The molecule has 6 rings (SSSR count). The molecule has 0 bridgehead atoms. The van der Waals surface area contributed by atoms with Crippen LogP contribution in [0.2, 0.25) is 0 Å². The van der Waals surface area contributed by atoms with Crippen LogP contribution in [-0.4, -0.2) is 19.9 Å². The van der Waals surface area contributed by atoms with Crippen LogP contribution in [0.25, 0.3) is 43.6 Å². The largest absolute Gasteiger partial charge is 0.251 e. The Hall–Kier alpha value is -3.92. The number of hydrogen-bond donors (Lipinski definition) is 0. The first kappa shape index (κ1) is 20.7. The van der Waals surface area contributed by atoms with Gasteiger partial charge in [0, 0.05) is 44.3 Å². The molecule has 0 radical (unpaired) electrons. The van der Waals surface area contributed by atoms with E-state index in [1.54, 1.807) is 0 Å². The number of aromatic nitrogens is 4. The number of fused-ring (bicyclic) bond motifs is 6. The summed E-state index contributed by atoms with van der Waals surface area (Å²) in [5.74, 6) is 0. The molecule has 0 aliphatic rings. The zero-order valence-electron chi connectivity index (χ0n) is 19.5. The van der Waals surface area contributed by atoms with Crippen LogP contribution < -0.4 is 0 Å². The molecule has 0 aliphatic carbocycles. The van der Waals surface area contributed by atoms with Crippen LogP contribution in [-0.2, 0) is 12.8 Å². The van der Waals surface area contributed by atoms with Crippen molar-refractivity contribution < 1.29 is 0 Å². The Morgan fingerprint density at radius 2 is 0.735 bits per heavy atom. The summed E-state index contributed by atoms with van der Waals surface area (Å²) in [6, 6.07) is 25.5. The molecule has 0 saturated carbocycles. The summed E-state index contributed by atoms with van der Waals surface area (Å²) in [6.07, 6.45) is 4.05. The van der Waals surface area contributed by atoms with Gasteiger partial charge in [0.2, 0.25) is 0 Å². The second-order valence-corrected chi connectivity index (χ2v) is 9.14. The van der Waals surface area contributed by atoms with Gasteiger partial charge in [0.15, 0.2) is 0 Å². The fourth-order valence-corrected chi connectivity index (χ4v) is 4.70. The SMILES string of the molecule is Cc1ccc2ccc3ccc(CCCCc4ccc5ccc6ccc(C)nc6c5n4)nc3c2n1. The number of nitrogens with zero attached hydrogens (tertiary/aromatic N) is 4. The van der Waals surface area contributed by atoms with Gasteiger partial charge in [-0.15, -0.1) is 0 Å². The van der Waals surface area contributed by atoms with Crippen molar-refractivity contribution in [3.8, 4) is 0 Å². The maximum atomic E-state index is 4.99. The Balaban J connectivity index is 1.19. The maximum absolute atomic E-state index is 4.99. The molecule has 4 nitrogen and oxygen atoms in total. The minimum absolute atomic E-state index is 0.954. The molecule has 166 valence electrons. The smallest absolute Gasteiger partial charge is 0.0967 e. The summed E-state index contributed by atoms with van der Waals surface area (Å²) in [4.78, 5) is 19.5. The zero-order chi connectivity index (χ0) is 23.1. The second-order valence-electron chi connectivity index (χ2n) is 9.14. The molecular formula is C30H26N4. The van der Waals surface area contributed by atoms with E-state index < -0.39 is 0 Å². The number of aryl methyl sites for hydroxylation is 4. The number of pyridine rings is 4. The molecule has 0 saturated heterocycles. The van der Waals surface area contributed by atoms with Crippen LogP contribution in [0.4, 0.5) is 0 Å². The van der Waals surface area contributed by atoms with Gasteiger partial charge in [0.1, 0.15) is 0 Å². The van der Waals surface area contributed by atoms with Crippen LogP contribution in [0.1, 0.15) is 35.6 Å². The average Bonchev–Trinajstić information content (AvgIpc) is 2.86. The molecule has 0 amide bonds. The molecule has 0 unspecified atom stereocenters. The molecule has 0 fully saturated rings. The minimum Gasteiger partial charge on any atom is -0.251 e. The lowest BCUT2D eigenvalue weighted by molar-refractivity contribution is 0.716. The summed E-state index contributed by atoms with van der Waals surface area (Å²) >= 11 is 0. The van der Waals surface area contributed by atoms with Crippen LogP contribution in [0, 0.1) is 13.8 Å². The number of hydrogen-bond acceptors (Lipinski definition) is 4. The predicted molar refractivity (Wildman–Crippen MR) is 140 cm³/mol. The molecule has 6 aromatic rings. The van der Waals surface area contributed by atoms with Crippen molar-refractivity contribution in [2.24, 2.45) is 0 Å². The lowest BCUT2D eigenvalue weighted by Crippen LogP contribution is -1.96. The molecule has 0 atom stereocenters. The first-order chi connectivity index (χ1) is 16.6. The fraction of sp³-hybridized carbons (Fsp3) is 0.200. The molecule has 34 heavy (non-hydrogen) atoms. The molecule has 0 spiro atoms. The van der Waals surface area contributed by atoms with E-state index in [1.807, 2.05) is 13.8 Å². The molecule has 0 aliphatic heterocycles. The highest BCUT2D eigenvalue weighted by molar-refractivity contribution is 6.03. The van der Waals surface area contributed by atoms with Crippen molar-refractivity contribution in [1.82, 2.24) is 19.9 Å². The third kappa shape index (κ3) is 3.86. The summed E-state index contributed by atoms with van der Waals surface area (Å²) < 4.78 is 0. The highest BCUT2D eigenvalue weighted by Crippen LogP contribution is 2.25. The van der Waals surface area contributed by atoms with Crippen molar-refractivity contribution in [3.05, 3.63) is 95.6 Å². The van der Waals surface area contributed by atoms with Crippen LogP contribution in [0.3, 0.4) is 0 Å². The van der Waals surface area contributed by atoms with Crippen molar-refractivity contribution in [1.29, 1.82) is 0 Å². The Bertz CT molecular complexity index is 1560. The molecule has 4 aromatic heterocycles. The normalized spacial score (nSPS) is 11.7. The van der Waals surface area contributed by atoms with Gasteiger partial charge in [0.05, 0.1) is 22.1 Å². The van der Waals surface area contributed by atoms with Gasteiger partial charge < -0.3 is 0 Å². The summed E-state index contributed by atoms with van der Waals surface area (Å²) in [5, 5.41) is 4.57. The zero-order valence-corrected chi connectivity index (χ0v) is 19.5. The Morgan fingerprint density at radius 1 is 0.412 bits per heavy atom. The fourth-order valence-electron chi connectivity index (χ4n) is 4.70. The second kappa shape index (κ2) is 8.45. The van der Waals surface area contributed by atoms with Gasteiger partial charge in [-0.1, -0.05) is 48.5 Å². The number of benzene rings is 2. The molecular weight excluding hydrogens is 416 g/mol. The van der Waals surface area contributed by atoms with Crippen LogP contribution >= 0.6 is 0 Å². The van der Waals surface area contributed by atoms with Gasteiger partial charge in [-0.2, -0.15) is 0 Å². The third-order valence-electron chi connectivity index (χ3n) is 6.55. The van der Waals surface area contributed by atoms with Crippen LogP contribution in [0.15, 0.2) is 72.8 Å². The predicted octanol–water partition coefficient (Wildman–Crippen LogP) is 7.06. The van der Waals surface area contributed by atoms with E-state index in [0.29, 0.717) is 0 Å². The minimum atomic E-state index is 0.954. The highest BCUT2D eigenvalue weighted by Gasteiger charge is 2.08. The summed E-state index contributed by atoms with van der Waals surface area (Å²) in [5.41, 5.74) is 8.29. The Labute approximate surface area is 198 Å². The summed E-state index contributed by atoms with van der Waals surface area (Å²) in [7, 11) is 0. The van der Waals surface area contributed by atoms with Gasteiger partial charge in [-0.05, 0) is 63.8 Å². The van der Waals surface area contributed by atoms with Crippen molar-refractivity contribution in [2.45, 2.75) is 39.5 Å². The first-order valence-electron chi connectivity index (χ1n) is 12.0. The first-order valence-corrected chi connectivity index (χ1v) is 12.0. The number of rotatable bonds is 5. The van der Waals surface area contributed by atoms with Gasteiger partial charge in [-0.3, -0.25) is 19.9 Å². The topological polar surface area (TPSA) is 51.6 Å². The van der Waals surface area contributed by atoms with E-state index >= 15 is 0 Å². The van der Waals surface area contributed by atoms with Gasteiger partial charge in [-0.25, -0.2) is 0 Å². The van der Waals surface area contributed by atoms with Gasteiger partial charge >= 0.3 is 0 Å². The quantitative estimate of drug-likeness (QED) is 0.212. The van der Waals surface area contributed by atoms with E-state index in [1.165, 1.54) is 0 Å². The van der Waals surface area contributed by atoms with E-state index in [4.69, 9.17) is 19.9 Å². The van der Waals surface area contributed by atoms with E-state index in [9.17, 15) is 0 Å². The van der Waals surface area contributed by atoms with E-state index in [0.717, 1.165) is 92.1 Å². The van der Waals surface area contributed by atoms with Crippen molar-refractivity contribution in [3.63, 3.8) is 0 Å². The molecule has 4 heterocycles. The monoisotopic (exact) mass is 442 g/mol. The van der Waals surface area contributed by atoms with E-state index in [-0.39, 0.29) is 0 Å². The standard InChI is InChI=1S/C30H26N4/c1-19-7-9-21-11-13-23-15-17-25(33-29(23)27(21)31-19)5-3-4-6-26-18-16-24-14-12-22-10-8-20(2)32-28(22)30(24)34-26/h7-18H,3-6H2,1-2H3. The molecule has 2 aromatic carbocycles. The Kier molecular flexibility index (Phi) is 5.14. The lowest BCUT2D eigenvalue weighted by Gasteiger charge is -2.08. The van der Waals surface area contributed by atoms with Crippen molar-refractivity contribution >= 4 is 43.6 Å². The van der Waals surface area contributed by atoms with Gasteiger partial charge in [0.25, 0.3) is 0 Å². The average molecular weight is 443 g/mol.